The number of carboxylic acid groups (broad SMARTS) is 1. The maximum atomic E-state index is 13.4. The molecule has 41 heavy (non-hydrogen) atoms. The van der Waals surface area contributed by atoms with E-state index >= 15 is 0 Å². The van der Waals surface area contributed by atoms with Gasteiger partial charge in [0.05, 0.1) is 20.6 Å². The minimum Gasteiger partial charge on any atom is -0.478 e. The Morgan fingerprint density at radius 1 is 0.756 bits per heavy atom. The van der Waals surface area contributed by atoms with Crippen LogP contribution in [0.1, 0.15) is 10.4 Å². The van der Waals surface area contributed by atoms with Crippen molar-refractivity contribution in [1.29, 1.82) is 0 Å². The summed E-state index contributed by atoms with van der Waals surface area (Å²) in [4.78, 5) is 12.8. The smallest absolute Gasteiger partial charge is 0.338 e. The number of halogens is 10. The topological polar surface area (TPSA) is 37.3 Å². The summed E-state index contributed by atoms with van der Waals surface area (Å²) in [5.74, 6) is -2.98. The molecule has 0 fully saturated rings. The van der Waals surface area contributed by atoms with Gasteiger partial charge in [-0.3, -0.25) is 0 Å². The van der Waals surface area contributed by atoms with E-state index in [1.54, 1.807) is 29.5 Å². The molecular weight excluding hydrogens is 1040 g/mol. The number of thiophene rings is 2. The van der Waals surface area contributed by atoms with E-state index in [0.717, 1.165) is 19.8 Å². The van der Waals surface area contributed by atoms with E-state index in [-0.39, 0.29) is 26.7 Å². The number of hydrogen-bond acceptors (Lipinski definition) is 3. The van der Waals surface area contributed by atoms with Gasteiger partial charge in [-0.1, -0.05) is 68.9 Å². The monoisotopic (exact) mass is 1060 g/mol. The van der Waals surface area contributed by atoms with Crippen LogP contribution in [-0.4, -0.2) is 11.1 Å². The predicted molar refractivity (Wildman–Crippen MR) is 184 cm³/mol. The molecule has 2 nitrogen and oxygen atoms in total. The van der Waals surface area contributed by atoms with E-state index in [9.17, 15) is 18.0 Å². The van der Waals surface area contributed by atoms with Gasteiger partial charge < -0.3 is 5.11 Å². The van der Waals surface area contributed by atoms with Crippen LogP contribution < -0.4 is 13.3 Å². The molecule has 14 heteroatoms. The molecule has 0 saturated heterocycles. The van der Waals surface area contributed by atoms with Crippen molar-refractivity contribution in [3.63, 3.8) is 0 Å². The van der Waals surface area contributed by atoms with Crippen molar-refractivity contribution in [3.8, 4) is 20.9 Å². The summed E-state index contributed by atoms with van der Waals surface area (Å²) in [6, 6.07) is 19.5. The fraction of sp³-hybridized carbons (Fsp3) is 0. The average molecular weight is 1060 g/mol. The SMILES string of the molecule is Fc1ccc(-c2cccs2)cc1Cl.Fc1ccc(Br)cc1Cl.I[I-]I.O=C(O)c1cc(-c2cccs2)cc(Cl)c1F. The summed E-state index contributed by atoms with van der Waals surface area (Å²) in [7, 11) is 0. The molecule has 5 rings (SSSR count). The van der Waals surface area contributed by atoms with Gasteiger partial charge in [-0.15, -0.1) is 22.7 Å². The quantitative estimate of drug-likeness (QED) is 0.144. The van der Waals surface area contributed by atoms with Gasteiger partial charge >= 0.3 is 56.5 Å². The van der Waals surface area contributed by atoms with E-state index in [2.05, 4.69) is 53.2 Å². The Labute approximate surface area is 296 Å². The molecule has 218 valence electrons. The van der Waals surface area contributed by atoms with E-state index < -0.39 is 17.3 Å². The third-order valence-corrected chi connectivity index (χ3v) is 7.86. The van der Waals surface area contributed by atoms with Crippen LogP contribution in [-0.2, 0) is 0 Å². The van der Waals surface area contributed by atoms with Crippen molar-refractivity contribution >= 4 is 117 Å². The van der Waals surface area contributed by atoms with E-state index in [1.807, 2.05) is 35.0 Å². The number of carboxylic acids is 1. The molecule has 0 unspecified atom stereocenters. The van der Waals surface area contributed by atoms with Gasteiger partial charge in [0.1, 0.15) is 11.6 Å². The van der Waals surface area contributed by atoms with Crippen LogP contribution in [0.4, 0.5) is 13.2 Å². The zero-order chi connectivity index (χ0) is 30.5. The van der Waals surface area contributed by atoms with Crippen LogP contribution in [0.15, 0.2) is 88.0 Å². The van der Waals surface area contributed by atoms with Gasteiger partial charge in [-0.25, -0.2) is 18.0 Å². The van der Waals surface area contributed by atoms with Gasteiger partial charge in [-0.2, -0.15) is 0 Å². The first-order valence-corrected chi connectivity index (χ1v) is 27.0. The minimum absolute atomic E-state index is 0.143. The number of hydrogen-bond donors (Lipinski definition) is 1. The summed E-state index contributed by atoms with van der Waals surface area (Å²) in [5.41, 5.74) is 1.16. The van der Waals surface area contributed by atoms with E-state index in [4.69, 9.17) is 39.9 Å². The Morgan fingerprint density at radius 2 is 1.24 bits per heavy atom. The fourth-order valence-corrected chi connectivity index (χ4v) is 5.40. The Morgan fingerprint density at radius 3 is 1.68 bits per heavy atom. The molecule has 0 aliphatic heterocycles. The van der Waals surface area contributed by atoms with Crippen molar-refractivity contribution in [2.24, 2.45) is 0 Å². The summed E-state index contributed by atoms with van der Waals surface area (Å²) < 4.78 is 39.3. The van der Waals surface area contributed by atoms with Crippen LogP contribution in [0.5, 0.6) is 0 Å². The maximum absolute atomic E-state index is 13.4. The summed E-state index contributed by atoms with van der Waals surface area (Å²) in [6.45, 7) is 0. The maximum Gasteiger partial charge on any atom is 0.338 e. The molecule has 2 aromatic heterocycles. The molecule has 0 amide bonds. The second kappa shape index (κ2) is 19.3. The molecular formula is C27H15BrCl3F3I3O2S2-. The Balaban J connectivity index is 0.000000212. The van der Waals surface area contributed by atoms with Gasteiger partial charge in [0.25, 0.3) is 0 Å². The number of benzene rings is 3. The summed E-state index contributed by atoms with van der Waals surface area (Å²) >= 11 is 28.2. The number of rotatable bonds is 3. The third-order valence-electron chi connectivity index (χ3n) is 4.67. The molecule has 0 spiro atoms. The first-order valence-electron chi connectivity index (χ1n) is 10.7. The van der Waals surface area contributed by atoms with Gasteiger partial charge in [0.15, 0.2) is 5.82 Å². The average Bonchev–Trinajstić information content (AvgIpc) is 3.66. The van der Waals surface area contributed by atoms with Crippen molar-refractivity contribution in [2.75, 3.05) is 0 Å². The molecule has 0 radical (unpaired) electrons. The van der Waals surface area contributed by atoms with Crippen molar-refractivity contribution < 1.29 is 36.3 Å². The Bertz CT molecular complexity index is 1560. The Hall–Kier alpha value is -0.140. The first kappa shape index (κ1) is 37.0. The zero-order valence-corrected chi connectivity index (χ0v) is 32.0. The molecule has 0 aliphatic rings. The standard InChI is InChI=1S/C11H6ClFO2S.C10H6ClFS.C6H3BrClF.I3/c12-8-5-6(9-2-1-3-16-9)4-7(10(8)13)11(14)15;11-8-6-7(3-4-9(8)12)10-2-1-5-13-10;7-4-1-2-6(9)5(8)3-4;1-3-2/h1-5H,(H,14,15);1-6H;1-3H;/q;;;-1. The molecule has 1 N–H and O–H groups in total. The van der Waals surface area contributed by atoms with Gasteiger partial charge in [-0.05, 0) is 76.5 Å². The van der Waals surface area contributed by atoms with Crippen LogP contribution in [0.3, 0.4) is 0 Å². The third kappa shape index (κ3) is 12.4. The van der Waals surface area contributed by atoms with Crippen LogP contribution >= 0.6 is 111 Å². The molecule has 0 atom stereocenters. The molecule has 0 bridgehead atoms. The van der Waals surface area contributed by atoms with Crippen molar-refractivity contribution in [2.45, 2.75) is 0 Å². The zero-order valence-electron chi connectivity index (χ0n) is 20.0. The molecule has 0 saturated carbocycles. The second-order valence-corrected chi connectivity index (χ2v) is 27.6. The molecule has 5 aromatic rings. The van der Waals surface area contributed by atoms with Crippen molar-refractivity contribution in [3.05, 3.63) is 126 Å². The van der Waals surface area contributed by atoms with Crippen LogP contribution in [0.2, 0.25) is 15.1 Å². The van der Waals surface area contributed by atoms with Crippen LogP contribution in [0.25, 0.3) is 20.9 Å². The summed E-state index contributed by atoms with van der Waals surface area (Å²) in [5, 5.41) is 12.8. The summed E-state index contributed by atoms with van der Waals surface area (Å²) in [6.07, 6.45) is 0. The first-order chi connectivity index (χ1) is 19.5. The van der Waals surface area contributed by atoms with E-state index in [0.29, 0.717) is 18.8 Å². The minimum atomic E-state index is -1.32. The second-order valence-electron chi connectivity index (χ2n) is 7.32. The normalized spacial score (nSPS) is 9.98. The van der Waals surface area contributed by atoms with Gasteiger partial charge in [0, 0.05) is 14.2 Å². The molecule has 3 aromatic carbocycles. The molecule has 0 aliphatic carbocycles. The largest absolute Gasteiger partial charge is 0.478 e. The fourth-order valence-electron chi connectivity index (χ4n) is 2.89. The van der Waals surface area contributed by atoms with Gasteiger partial charge in [0.2, 0.25) is 0 Å². The predicted octanol–water partition coefficient (Wildman–Crippen LogP) is 10.1. The Kier molecular flexibility index (Phi) is 17.4. The van der Waals surface area contributed by atoms with E-state index in [1.165, 1.54) is 41.7 Å². The van der Waals surface area contributed by atoms with Crippen LogP contribution in [0, 0.1) is 17.5 Å². The number of aromatic carboxylic acids is 1. The van der Waals surface area contributed by atoms with Crippen molar-refractivity contribution in [1.82, 2.24) is 0 Å². The molecule has 2 heterocycles. The number of carbonyl (C=O) groups is 1.